The third-order valence-corrected chi connectivity index (χ3v) is 2.79. The molecule has 0 saturated carbocycles. The number of aromatic nitrogens is 2. The van der Waals surface area contributed by atoms with Crippen LogP contribution in [0, 0.1) is 0 Å². The lowest BCUT2D eigenvalue weighted by atomic mass is 10.2. The number of rotatable bonds is 5. The van der Waals surface area contributed by atoms with E-state index in [1.807, 2.05) is 24.4 Å². The van der Waals surface area contributed by atoms with Gasteiger partial charge in [-0.3, -0.25) is 0 Å². The summed E-state index contributed by atoms with van der Waals surface area (Å²) in [6, 6.07) is 8.48. The molecule has 18 heavy (non-hydrogen) atoms. The Morgan fingerprint density at radius 3 is 2.83 bits per heavy atom. The number of nitrogens with zero attached hydrogens (tertiary/aromatic N) is 2. The van der Waals surface area contributed by atoms with E-state index in [1.165, 1.54) is 0 Å². The third kappa shape index (κ3) is 2.71. The van der Waals surface area contributed by atoms with E-state index in [-0.39, 0.29) is 0 Å². The summed E-state index contributed by atoms with van der Waals surface area (Å²) in [7, 11) is 1.70. The largest absolute Gasteiger partial charge is 0.380 e. The van der Waals surface area contributed by atoms with Crippen LogP contribution in [0.4, 0.5) is 11.6 Å². The van der Waals surface area contributed by atoms with Gasteiger partial charge in [0.15, 0.2) is 0 Å². The first-order valence-electron chi connectivity index (χ1n) is 6.09. The highest BCUT2D eigenvalue weighted by Gasteiger charge is 2.08. The molecular formula is C14H19N3O. The second-order valence-electron chi connectivity index (χ2n) is 4.47. The Hall–Kier alpha value is -1.81. The lowest BCUT2D eigenvalue weighted by Crippen LogP contribution is -2.06. The summed E-state index contributed by atoms with van der Waals surface area (Å²) >= 11 is 0. The van der Waals surface area contributed by atoms with Crippen molar-refractivity contribution in [2.24, 2.45) is 0 Å². The van der Waals surface area contributed by atoms with E-state index in [4.69, 9.17) is 4.74 Å². The average molecular weight is 245 g/mol. The van der Waals surface area contributed by atoms with Gasteiger partial charge < -0.3 is 14.6 Å². The second-order valence-corrected chi connectivity index (χ2v) is 4.47. The van der Waals surface area contributed by atoms with Crippen molar-refractivity contribution in [1.29, 1.82) is 0 Å². The summed E-state index contributed by atoms with van der Waals surface area (Å²) in [5, 5.41) is 3.36. The van der Waals surface area contributed by atoms with E-state index in [0.717, 1.165) is 17.2 Å². The molecule has 1 heterocycles. The molecular weight excluding hydrogens is 226 g/mol. The van der Waals surface area contributed by atoms with Crippen LogP contribution < -0.4 is 5.32 Å². The fourth-order valence-electron chi connectivity index (χ4n) is 1.87. The average Bonchev–Trinajstić information content (AvgIpc) is 2.80. The Balaban J connectivity index is 2.25. The molecule has 2 aromatic rings. The van der Waals surface area contributed by atoms with Crippen molar-refractivity contribution < 1.29 is 4.74 Å². The van der Waals surface area contributed by atoms with E-state index in [0.29, 0.717) is 12.6 Å². The predicted molar refractivity (Wildman–Crippen MR) is 73.0 cm³/mol. The summed E-state index contributed by atoms with van der Waals surface area (Å²) in [5.74, 6) is 0.855. The van der Waals surface area contributed by atoms with Crippen LogP contribution in [0.2, 0.25) is 0 Å². The zero-order chi connectivity index (χ0) is 13.0. The van der Waals surface area contributed by atoms with Crippen LogP contribution in [0.1, 0.15) is 25.5 Å². The topological polar surface area (TPSA) is 39.1 Å². The van der Waals surface area contributed by atoms with Crippen LogP contribution >= 0.6 is 0 Å². The van der Waals surface area contributed by atoms with E-state index in [1.54, 1.807) is 13.3 Å². The lowest BCUT2D eigenvalue weighted by molar-refractivity contribution is 0.185. The Morgan fingerprint density at radius 2 is 2.11 bits per heavy atom. The number of anilines is 2. The van der Waals surface area contributed by atoms with Crippen molar-refractivity contribution in [3.05, 3.63) is 42.2 Å². The molecule has 0 saturated heterocycles. The smallest absolute Gasteiger partial charge is 0.207 e. The predicted octanol–water partition coefficient (Wildman–Crippen LogP) is 3.35. The molecule has 1 aromatic heterocycles. The Morgan fingerprint density at radius 1 is 1.33 bits per heavy atom. The highest BCUT2D eigenvalue weighted by molar-refractivity contribution is 5.58. The lowest BCUT2D eigenvalue weighted by Gasteiger charge is -2.15. The van der Waals surface area contributed by atoms with Crippen LogP contribution in [-0.2, 0) is 11.3 Å². The Bertz CT molecular complexity index is 505. The normalized spacial score (nSPS) is 10.9. The molecule has 2 rings (SSSR count). The number of imidazole rings is 1. The molecule has 0 aliphatic heterocycles. The van der Waals surface area contributed by atoms with Crippen LogP contribution in [0.25, 0.3) is 0 Å². The molecule has 0 unspecified atom stereocenters. The summed E-state index contributed by atoms with van der Waals surface area (Å²) < 4.78 is 7.30. The van der Waals surface area contributed by atoms with E-state index >= 15 is 0 Å². The second kappa shape index (κ2) is 5.69. The number of hydrogen-bond donors (Lipinski definition) is 1. The van der Waals surface area contributed by atoms with Crippen molar-refractivity contribution in [3.8, 4) is 0 Å². The maximum atomic E-state index is 5.20. The molecule has 4 heteroatoms. The maximum Gasteiger partial charge on any atom is 0.207 e. The zero-order valence-corrected chi connectivity index (χ0v) is 11.1. The number of benzene rings is 1. The molecule has 0 aliphatic carbocycles. The summed E-state index contributed by atoms with van der Waals surface area (Å²) in [6.45, 7) is 4.85. The minimum Gasteiger partial charge on any atom is -0.380 e. The summed E-state index contributed by atoms with van der Waals surface area (Å²) in [6.07, 6.45) is 3.78. The van der Waals surface area contributed by atoms with Gasteiger partial charge in [0.05, 0.1) is 6.61 Å². The zero-order valence-electron chi connectivity index (χ0n) is 11.1. The number of hydrogen-bond acceptors (Lipinski definition) is 3. The van der Waals surface area contributed by atoms with Gasteiger partial charge in [-0.15, -0.1) is 0 Å². The fraction of sp³-hybridized carbons (Fsp3) is 0.357. The number of ether oxygens (including phenoxy) is 1. The molecule has 0 atom stereocenters. The SMILES string of the molecule is COCc1ccccc1Nc1nccn1C(C)C. The van der Waals surface area contributed by atoms with E-state index in [2.05, 4.69) is 34.8 Å². The first-order valence-corrected chi connectivity index (χ1v) is 6.09. The standard InChI is InChI=1S/C14H19N3O/c1-11(2)17-9-8-15-14(17)16-13-7-5-4-6-12(13)10-18-3/h4-9,11H,10H2,1-3H3,(H,15,16). The third-order valence-electron chi connectivity index (χ3n) is 2.79. The molecule has 0 spiro atoms. The molecule has 1 N–H and O–H groups in total. The van der Waals surface area contributed by atoms with Gasteiger partial charge in [-0.1, -0.05) is 18.2 Å². The van der Waals surface area contributed by atoms with Crippen molar-refractivity contribution in [3.63, 3.8) is 0 Å². The molecule has 1 aromatic carbocycles. The van der Waals surface area contributed by atoms with Crippen molar-refractivity contribution in [1.82, 2.24) is 9.55 Å². The molecule has 0 fully saturated rings. The summed E-state index contributed by atoms with van der Waals surface area (Å²) in [5.41, 5.74) is 2.16. The summed E-state index contributed by atoms with van der Waals surface area (Å²) in [4.78, 5) is 4.34. The van der Waals surface area contributed by atoms with E-state index < -0.39 is 0 Å². The van der Waals surface area contributed by atoms with Gasteiger partial charge in [-0.05, 0) is 19.9 Å². The van der Waals surface area contributed by atoms with Crippen LogP contribution in [-0.4, -0.2) is 16.7 Å². The van der Waals surface area contributed by atoms with Crippen LogP contribution in [0.15, 0.2) is 36.7 Å². The molecule has 0 bridgehead atoms. The van der Waals surface area contributed by atoms with Crippen LogP contribution in [0.3, 0.4) is 0 Å². The Labute approximate surface area is 108 Å². The Kier molecular flexibility index (Phi) is 3.99. The monoisotopic (exact) mass is 245 g/mol. The first kappa shape index (κ1) is 12.6. The van der Waals surface area contributed by atoms with Crippen molar-refractivity contribution in [2.45, 2.75) is 26.5 Å². The number of nitrogens with one attached hydrogen (secondary N) is 1. The van der Waals surface area contributed by atoms with Gasteiger partial charge >= 0.3 is 0 Å². The molecule has 0 aliphatic rings. The van der Waals surface area contributed by atoms with Crippen LogP contribution in [0.5, 0.6) is 0 Å². The van der Waals surface area contributed by atoms with Gasteiger partial charge in [-0.25, -0.2) is 4.98 Å². The maximum absolute atomic E-state index is 5.20. The number of methoxy groups -OCH3 is 1. The minimum absolute atomic E-state index is 0.379. The van der Waals surface area contributed by atoms with Gasteiger partial charge in [-0.2, -0.15) is 0 Å². The van der Waals surface area contributed by atoms with E-state index in [9.17, 15) is 0 Å². The van der Waals surface area contributed by atoms with Gasteiger partial charge in [0.1, 0.15) is 0 Å². The van der Waals surface area contributed by atoms with Crippen molar-refractivity contribution in [2.75, 3.05) is 12.4 Å². The first-order chi connectivity index (χ1) is 8.72. The van der Waals surface area contributed by atoms with Gasteiger partial charge in [0, 0.05) is 36.8 Å². The highest BCUT2D eigenvalue weighted by Crippen LogP contribution is 2.22. The molecule has 0 radical (unpaired) electrons. The fourth-order valence-corrected chi connectivity index (χ4v) is 1.87. The molecule has 4 nitrogen and oxygen atoms in total. The van der Waals surface area contributed by atoms with Gasteiger partial charge in [0.25, 0.3) is 0 Å². The quantitative estimate of drug-likeness (QED) is 0.878. The van der Waals surface area contributed by atoms with Crippen molar-refractivity contribution >= 4 is 11.6 Å². The minimum atomic E-state index is 0.379. The highest BCUT2D eigenvalue weighted by atomic mass is 16.5. The number of para-hydroxylation sites is 1. The molecule has 0 amide bonds. The molecule has 96 valence electrons. The van der Waals surface area contributed by atoms with Gasteiger partial charge in [0.2, 0.25) is 5.95 Å².